The minimum Gasteiger partial charge on any atom is -0.364 e. The summed E-state index contributed by atoms with van der Waals surface area (Å²) >= 11 is 0. The summed E-state index contributed by atoms with van der Waals surface area (Å²) in [5.41, 5.74) is 1.78. The van der Waals surface area contributed by atoms with Crippen LogP contribution in [0.3, 0.4) is 0 Å². The van der Waals surface area contributed by atoms with Crippen LogP contribution in [0.5, 0.6) is 0 Å². The Morgan fingerprint density at radius 1 is 1.21 bits per heavy atom. The summed E-state index contributed by atoms with van der Waals surface area (Å²) in [6.45, 7) is 4.82. The zero-order valence-electron chi connectivity index (χ0n) is 16.6. The lowest BCUT2D eigenvalue weighted by molar-refractivity contribution is 0.259. The average molecular weight is 418 g/mol. The summed E-state index contributed by atoms with van der Waals surface area (Å²) in [5.74, 6) is 1.27. The standard InChI is InChI=1S/C20H27N5O3S/c1-2-21-20(22-19-14-18(19)16-6-4-3-5-7-16)24-9-11-25(12-10-24)29(26,27)15-17-8-13-28-23-17/h3-8,13,18-19H,2,9-12,14-15H2,1H3,(H,21,22). The largest absolute Gasteiger partial charge is 0.364 e. The fraction of sp³-hybridized carbons (Fsp3) is 0.500. The van der Waals surface area contributed by atoms with Crippen LogP contribution in [0, 0.1) is 0 Å². The number of aliphatic imine (C=N–C) groups is 1. The van der Waals surface area contributed by atoms with Crippen LogP contribution in [0.2, 0.25) is 0 Å². The predicted octanol–water partition coefficient (Wildman–Crippen LogP) is 1.64. The Kier molecular flexibility index (Phi) is 5.86. The Morgan fingerprint density at radius 3 is 2.62 bits per heavy atom. The van der Waals surface area contributed by atoms with Crippen LogP contribution in [0.1, 0.15) is 30.5 Å². The summed E-state index contributed by atoms with van der Waals surface area (Å²) < 4.78 is 31.5. The predicted molar refractivity (Wildman–Crippen MR) is 111 cm³/mol. The summed E-state index contributed by atoms with van der Waals surface area (Å²) in [4.78, 5) is 6.80. The minimum atomic E-state index is -3.40. The molecule has 2 aliphatic rings. The van der Waals surface area contributed by atoms with Gasteiger partial charge in [-0.2, -0.15) is 4.31 Å². The van der Waals surface area contributed by atoms with E-state index in [1.807, 2.05) is 13.0 Å². The van der Waals surface area contributed by atoms with Gasteiger partial charge in [0.15, 0.2) is 5.96 Å². The molecule has 0 amide bonds. The Hall–Kier alpha value is -2.39. The van der Waals surface area contributed by atoms with E-state index in [4.69, 9.17) is 4.52 Å². The number of guanidine groups is 1. The molecule has 1 aromatic carbocycles. The molecule has 2 fully saturated rings. The summed E-state index contributed by atoms with van der Waals surface area (Å²) in [5, 5.41) is 7.30. The fourth-order valence-corrected chi connectivity index (χ4v) is 5.17. The van der Waals surface area contributed by atoms with E-state index in [2.05, 4.69) is 44.6 Å². The number of hydrogen-bond acceptors (Lipinski definition) is 5. The highest BCUT2D eigenvalue weighted by Gasteiger charge is 2.40. The molecule has 1 N–H and O–H groups in total. The fourth-order valence-electron chi connectivity index (χ4n) is 3.74. The van der Waals surface area contributed by atoms with Crippen molar-refractivity contribution < 1.29 is 12.9 Å². The molecule has 2 aromatic rings. The first kappa shape index (κ1) is 19.9. The van der Waals surface area contributed by atoms with E-state index in [1.54, 1.807) is 6.07 Å². The summed E-state index contributed by atoms with van der Waals surface area (Å²) in [6.07, 6.45) is 2.49. The van der Waals surface area contributed by atoms with Gasteiger partial charge in [-0.25, -0.2) is 8.42 Å². The number of aromatic nitrogens is 1. The topological polar surface area (TPSA) is 91.0 Å². The lowest BCUT2D eigenvalue weighted by atomic mass is 10.1. The van der Waals surface area contributed by atoms with Crippen molar-refractivity contribution in [2.45, 2.75) is 31.1 Å². The second-order valence-corrected chi connectivity index (χ2v) is 9.40. The molecule has 156 valence electrons. The third kappa shape index (κ3) is 4.79. The van der Waals surface area contributed by atoms with E-state index in [0.29, 0.717) is 50.4 Å². The Morgan fingerprint density at radius 2 is 1.97 bits per heavy atom. The highest BCUT2D eigenvalue weighted by Crippen LogP contribution is 2.40. The molecule has 2 atom stereocenters. The highest BCUT2D eigenvalue weighted by atomic mass is 32.2. The maximum Gasteiger partial charge on any atom is 0.220 e. The normalized spacial score (nSPS) is 23.2. The number of hydrogen-bond donors (Lipinski definition) is 1. The molecule has 9 heteroatoms. The Bertz CT molecular complexity index is 922. The number of benzene rings is 1. The van der Waals surface area contributed by atoms with Crippen molar-refractivity contribution >= 4 is 16.0 Å². The third-order valence-corrected chi connectivity index (χ3v) is 7.21. The van der Waals surface area contributed by atoms with Crippen LogP contribution in [0.25, 0.3) is 0 Å². The van der Waals surface area contributed by atoms with Gasteiger partial charge in [-0.15, -0.1) is 0 Å². The number of nitrogens with one attached hydrogen (secondary N) is 1. The van der Waals surface area contributed by atoms with Gasteiger partial charge in [0.2, 0.25) is 10.0 Å². The van der Waals surface area contributed by atoms with E-state index in [9.17, 15) is 8.42 Å². The SMILES string of the molecule is CCN=C(NC1CC1c1ccccc1)N1CCN(S(=O)(=O)Cc2ccon2)CC1. The van der Waals surface area contributed by atoms with Crippen LogP contribution in [-0.2, 0) is 15.8 Å². The van der Waals surface area contributed by atoms with Crippen LogP contribution >= 0.6 is 0 Å². The van der Waals surface area contributed by atoms with Gasteiger partial charge in [0.05, 0.1) is 5.69 Å². The van der Waals surface area contributed by atoms with Crippen molar-refractivity contribution in [1.82, 2.24) is 19.7 Å². The van der Waals surface area contributed by atoms with Gasteiger partial charge in [-0.3, -0.25) is 4.99 Å². The first-order valence-electron chi connectivity index (χ1n) is 10.0. The monoisotopic (exact) mass is 417 g/mol. The molecule has 2 heterocycles. The second kappa shape index (κ2) is 8.54. The van der Waals surface area contributed by atoms with Gasteiger partial charge in [0, 0.05) is 50.7 Å². The van der Waals surface area contributed by atoms with Gasteiger partial charge in [-0.05, 0) is 18.9 Å². The van der Waals surface area contributed by atoms with Crippen molar-refractivity contribution in [3.63, 3.8) is 0 Å². The molecule has 0 spiro atoms. The molecular formula is C20H27N5O3S. The van der Waals surface area contributed by atoms with Crippen LogP contribution in [0.15, 0.2) is 52.2 Å². The van der Waals surface area contributed by atoms with E-state index in [1.165, 1.54) is 16.1 Å². The van der Waals surface area contributed by atoms with Crippen molar-refractivity contribution in [3.05, 3.63) is 53.9 Å². The van der Waals surface area contributed by atoms with Crippen molar-refractivity contribution in [2.24, 2.45) is 4.99 Å². The maximum atomic E-state index is 12.6. The molecule has 0 bridgehead atoms. The average Bonchev–Trinajstić information content (AvgIpc) is 3.32. The molecule has 0 radical (unpaired) electrons. The van der Waals surface area contributed by atoms with Gasteiger partial charge in [0.25, 0.3) is 0 Å². The first-order valence-corrected chi connectivity index (χ1v) is 11.7. The quantitative estimate of drug-likeness (QED) is 0.568. The molecule has 2 unspecified atom stereocenters. The number of piperazine rings is 1. The van der Waals surface area contributed by atoms with Crippen LogP contribution < -0.4 is 5.32 Å². The smallest absolute Gasteiger partial charge is 0.220 e. The van der Waals surface area contributed by atoms with E-state index in [0.717, 1.165) is 12.4 Å². The zero-order valence-corrected chi connectivity index (χ0v) is 17.4. The number of sulfonamides is 1. The molecule has 4 rings (SSSR count). The molecular weight excluding hydrogens is 390 g/mol. The molecule has 1 saturated heterocycles. The van der Waals surface area contributed by atoms with Crippen molar-refractivity contribution in [3.8, 4) is 0 Å². The third-order valence-electron chi connectivity index (χ3n) is 5.39. The molecule has 1 aliphatic carbocycles. The van der Waals surface area contributed by atoms with E-state index < -0.39 is 10.0 Å². The van der Waals surface area contributed by atoms with Crippen LogP contribution in [0.4, 0.5) is 0 Å². The molecule has 1 aliphatic heterocycles. The van der Waals surface area contributed by atoms with Crippen molar-refractivity contribution in [1.29, 1.82) is 0 Å². The van der Waals surface area contributed by atoms with Crippen molar-refractivity contribution in [2.75, 3.05) is 32.7 Å². The molecule has 1 aromatic heterocycles. The van der Waals surface area contributed by atoms with E-state index in [-0.39, 0.29) is 5.75 Å². The first-order chi connectivity index (χ1) is 14.1. The van der Waals surface area contributed by atoms with Gasteiger partial charge < -0.3 is 14.7 Å². The second-order valence-electron chi connectivity index (χ2n) is 7.43. The Balaban J connectivity index is 1.33. The zero-order chi connectivity index (χ0) is 20.3. The number of rotatable bonds is 6. The number of nitrogens with zero attached hydrogens (tertiary/aromatic N) is 4. The maximum absolute atomic E-state index is 12.6. The lowest BCUT2D eigenvalue weighted by Crippen LogP contribution is -2.54. The van der Waals surface area contributed by atoms with E-state index >= 15 is 0 Å². The summed E-state index contributed by atoms with van der Waals surface area (Å²) in [7, 11) is -3.40. The van der Waals surface area contributed by atoms with Crippen LogP contribution in [-0.4, -0.2) is 67.5 Å². The molecule has 8 nitrogen and oxygen atoms in total. The lowest BCUT2D eigenvalue weighted by Gasteiger charge is -2.36. The molecule has 29 heavy (non-hydrogen) atoms. The molecule has 1 saturated carbocycles. The van der Waals surface area contributed by atoms with Gasteiger partial charge in [0.1, 0.15) is 12.0 Å². The Labute approximate surface area is 171 Å². The highest BCUT2D eigenvalue weighted by molar-refractivity contribution is 7.88. The van der Waals surface area contributed by atoms with Gasteiger partial charge >= 0.3 is 0 Å². The summed E-state index contributed by atoms with van der Waals surface area (Å²) in [6, 6.07) is 12.5. The minimum absolute atomic E-state index is 0.127. The van der Waals surface area contributed by atoms with Gasteiger partial charge in [-0.1, -0.05) is 35.5 Å².